The second-order valence-corrected chi connectivity index (χ2v) is 5.21. The number of aromatic hydroxyl groups is 1. The van der Waals surface area contributed by atoms with E-state index in [1.807, 2.05) is 12.1 Å². The van der Waals surface area contributed by atoms with Crippen LogP contribution in [0, 0.1) is 0 Å². The molecule has 0 radical (unpaired) electrons. The lowest BCUT2D eigenvalue weighted by Gasteiger charge is -2.06. The van der Waals surface area contributed by atoms with Gasteiger partial charge >= 0.3 is 0 Å². The Labute approximate surface area is 126 Å². The van der Waals surface area contributed by atoms with Gasteiger partial charge in [-0.3, -0.25) is 0 Å². The molecule has 0 fully saturated rings. The molecule has 3 rings (SSSR count). The van der Waals surface area contributed by atoms with Crippen LogP contribution in [0.1, 0.15) is 12.0 Å². The predicted molar refractivity (Wildman–Crippen MR) is 80.9 cm³/mol. The lowest BCUT2D eigenvalue weighted by Crippen LogP contribution is -2.00. The van der Waals surface area contributed by atoms with Crippen LogP contribution < -0.4 is 0 Å². The Morgan fingerprint density at radius 1 is 1.05 bits per heavy atom. The van der Waals surface area contributed by atoms with Gasteiger partial charge in [-0.05, 0) is 48.7 Å². The molecule has 2 aromatic carbocycles. The molecule has 0 spiro atoms. The van der Waals surface area contributed by atoms with Gasteiger partial charge in [-0.15, -0.1) is 15.0 Å². The molecule has 0 bridgehead atoms. The van der Waals surface area contributed by atoms with E-state index in [-0.39, 0.29) is 12.4 Å². The van der Waals surface area contributed by atoms with Gasteiger partial charge in [0.05, 0.1) is 0 Å². The normalized spacial score (nSPS) is 11.1. The van der Waals surface area contributed by atoms with Gasteiger partial charge in [0.25, 0.3) is 0 Å². The van der Waals surface area contributed by atoms with Crippen molar-refractivity contribution in [2.24, 2.45) is 0 Å². The maximum absolute atomic E-state index is 10.0. The maximum atomic E-state index is 10.0. The molecule has 0 saturated carbocycles. The van der Waals surface area contributed by atoms with Crippen molar-refractivity contribution in [1.29, 1.82) is 0 Å². The number of aliphatic hydroxyl groups is 1. The molecule has 0 aliphatic carbocycles. The van der Waals surface area contributed by atoms with Crippen molar-refractivity contribution in [3.63, 3.8) is 0 Å². The van der Waals surface area contributed by atoms with E-state index in [1.54, 1.807) is 24.3 Å². The number of rotatable bonds is 4. The quantitative estimate of drug-likeness (QED) is 0.777. The Kier molecular flexibility index (Phi) is 3.77. The molecule has 1 aromatic heterocycles. The van der Waals surface area contributed by atoms with Crippen LogP contribution in [0.3, 0.4) is 0 Å². The Hall–Kier alpha value is -2.11. The number of aliphatic hydroxyl groups excluding tert-OH is 1. The van der Waals surface area contributed by atoms with Gasteiger partial charge < -0.3 is 10.2 Å². The largest absolute Gasteiger partial charge is 0.506 e. The summed E-state index contributed by atoms with van der Waals surface area (Å²) in [7, 11) is 0. The Balaban J connectivity index is 2.04. The summed E-state index contributed by atoms with van der Waals surface area (Å²) < 4.78 is 0. The van der Waals surface area contributed by atoms with E-state index in [2.05, 4.69) is 10.2 Å². The zero-order valence-electron chi connectivity index (χ0n) is 11.2. The summed E-state index contributed by atoms with van der Waals surface area (Å²) in [5, 5.41) is 28.2. The van der Waals surface area contributed by atoms with E-state index in [9.17, 15) is 5.11 Å². The molecular weight excluding hydrogens is 290 g/mol. The number of benzene rings is 2. The standard InChI is InChI=1S/C15H14ClN3O2/c16-11-4-5-12-13(9-11)18-19(17-12)14-8-10(2-1-7-20)3-6-15(14)21/h3-6,8-9,20-21H,1-2,7H2. The number of hydrogen-bond donors (Lipinski definition) is 2. The molecule has 0 aliphatic rings. The minimum Gasteiger partial charge on any atom is -0.506 e. The predicted octanol–water partition coefficient (Wildman–Crippen LogP) is 2.70. The summed E-state index contributed by atoms with van der Waals surface area (Å²) in [5.41, 5.74) is 2.90. The van der Waals surface area contributed by atoms with Crippen molar-refractivity contribution >= 4 is 22.6 Å². The number of aryl methyl sites for hydroxylation is 1. The molecule has 0 atom stereocenters. The van der Waals surface area contributed by atoms with E-state index in [0.717, 1.165) is 12.0 Å². The fraction of sp³-hybridized carbons (Fsp3) is 0.200. The van der Waals surface area contributed by atoms with Gasteiger partial charge in [-0.25, -0.2) is 0 Å². The Morgan fingerprint density at radius 2 is 1.86 bits per heavy atom. The van der Waals surface area contributed by atoms with Crippen molar-refractivity contribution < 1.29 is 10.2 Å². The van der Waals surface area contributed by atoms with Crippen molar-refractivity contribution in [3.8, 4) is 11.4 Å². The van der Waals surface area contributed by atoms with Gasteiger partial charge in [0.1, 0.15) is 22.5 Å². The molecular formula is C15H14ClN3O2. The fourth-order valence-corrected chi connectivity index (χ4v) is 2.33. The number of hydrogen-bond acceptors (Lipinski definition) is 4. The summed E-state index contributed by atoms with van der Waals surface area (Å²) in [6.07, 6.45) is 1.41. The number of halogens is 1. The second-order valence-electron chi connectivity index (χ2n) is 4.77. The molecule has 0 unspecified atom stereocenters. The third kappa shape index (κ3) is 2.84. The van der Waals surface area contributed by atoms with Gasteiger partial charge in [-0.2, -0.15) is 0 Å². The molecule has 21 heavy (non-hydrogen) atoms. The van der Waals surface area contributed by atoms with Crippen LogP contribution >= 0.6 is 11.6 Å². The summed E-state index contributed by atoms with van der Waals surface area (Å²) in [5.74, 6) is 0.106. The van der Waals surface area contributed by atoms with Crippen LogP contribution in [0.2, 0.25) is 5.02 Å². The van der Waals surface area contributed by atoms with Crippen LogP contribution in [0.4, 0.5) is 0 Å². The van der Waals surface area contributed by atoms with E-state index in [4.69, 9.17) is 16.7 Å². The number of phenols is 1. The maximum Gasteiger partial charge on any atom is 0.143 e. The van der Waals surface area contributed by atoms with Crippen LogP contribution in [-0.2, 0) is 6.42 Å². The molecule has 5 nitrogen and oxygen atoms in total. The van der Waals surface area contributed by atoms with Crippen molar-refractivity contribution in [2.45, 2.75) is 12.8 Å². The van der Waals surface area contributed by atoms with E-state index < -0.39 is 0 Å². The molecule has 2 N–H and O–H groups in total. The SMILES string of the molecule is OCCCc1ccc(O)c(-n2nc3ccc(Cl)cc3n2)c1. The highest BCUT2D eigenvalue weighted by Gasteiger charge is 2.10. The van der Waals surface area contributed by atoms with E-state index in [1.165, 1.54) is 4.80 Å². The number of fused-ring (bicyclic) bond motifs is 1. The lowest BCUT2D eigenvalue weighted by molar-refractivity contribution is 0.288. The summed E-state index contributed by atoms with van der Waals surface area (Å²) in [6, 6.07) is 10.5. The molecule has 3 aromatic rings. The minimum absolute atomic E-state index is 0.106. The molecule has 0 saturated heterocycles. The Morgan fingerprint density at radius 3 is 2.67 bits per heavy atom. The topological polar surface area (TPSA) is 71.2 Å². The first-order chi connectivity index (χ1) is 10.2. The lowest BCUT2D eigenvalue weighted by atomic mass is 10.1. The number of aromatic nitrogens is 3. The van der Waals surface area contributed by atoms with Gasteiger partial charge in [0, 0.05) is 11.6 Å². The molecule has 1 heterocycles. The van der Waals surface area contributed by atoms with Crippen LogP contribution in [0.15, 0.2) is 36.4 Å². The first-order valence-electron chi connectivity index (χ1n) is 6.63. The van der Waals surface area contributed by atoms with Crippen molar-refractivity contribution in [2.75, 3.05) is 6.61 Å². The first kappa shape index (κ1) is 13.9. The number of phenolic OH excluding ortho intramolecular Hbond substituents is 1. The highest BCUT2D eigenvalue weighted by Crippen LogP contribution is 2.24. The van der Waals surface area contributed by atoms with Gasteiger partial charge in [0.15, 0.2) is 0 Å². The second kappa shape index (κ2) is 5.71. The van der Waals surface area contributed by atoms with Crippen LogP contribution in [-0.4, -0.2) is 31.8 Å². The molecule has 6 heteroatoms. The Bertz CT molecular complexity index is 786. The van der Waals surface area contributed by atoms with Gasteiger partial charge in [0.2, 0.25) is 0 Å². The van der Waals surface area contributed by atoms with Crippen LogP contribution in [0.5, 0.6) is 5.75 Å². The zero-order valence-corrected chi connectivity index (χ0v) is 12.0. The highest BCUT2D eigenvalue weighted by atomic mass is 35.5. The molecule has 108 valence electrons. The van der Waals surface area contributed by atoms with E-state index in [0.29, 0.717) is 28.2 Å². The average molecular weight is 304 g/mol. The molecule has 0 amide bonds. The van der Waals surface area contributed by atoms with Crippen LogP contribution in [0.25, 0.3) is 16.7 Å². The number of nitrogens with zero attached hydrogens (tertiary/aromatic N) is 3. The van der Waals surface area contributed by atoms with Crippen molar-refractivity contribution in [1.82, 2.24) is 15.0 Å². The summed E-state index contributed by atoms with van der Waals surface area (Å²) in [6.45, 7) is 0.138. The third-order valence-electron chi connectivity index (χ3n) is 3.22. The third-order valence-corrected chi connectivity index (χ3v) is 3.46. The zero-order chi connectivity index (χ0) is 14.8. The smallest absolute Gasteiger partial charge is 0.143 e. The van der Waals surface area contributed by atoms with E-state index >= 15 is 0 Å². The summed E-state index contributed by atoms with van der Waals surface area (Å²) >= 11 is 5.94. The fourth-order valence-electron chi connectivity index (χ4n) is 2.16. The minimum atomic E-state index is 0.106. The monoisotopic (exact) mass is 303 g/mol. The van der Waals surface area contributed by atoms with Crippen molar-refractivity contribution in [3.05, 3.63) is 47.0 Å². The molecule has 0 aliphatic heterocycles. The van der Waals surface area contributed by atoms with Gasteiger partial charge in [-0.1, -0.05) is 17.7 Å². The summed E-state index contributed by atoms with van der Waals surface area (Å²) in [4.78, 5) is 1.40. The first-order valence-corrected chi connectivity index (χ1v) is 7.01. The average Bonchev–Trinajstić information content (AvgIpc) is 2.89. The highest BCUT2D eigenvalue weighted by molar-refractivity contribution is 6.31.